The summed E-state index contributed by atoms with van der Waals surface area (Å²) in [6, 6.07) is 18.5. The van der Waals surface area contributed by atoms with E-state index < -0.39 is 10.0 Å². The quantitative estimate of drug-likeness (QED) is 0.441. The van der Waals surface area contributed by atoms with Crippen LogP contribution in [0.15, 0.2) is 66.7 Å². The third-order valence-electron chi connectivity index (χ3n) is 4.85. The summed E-state index contributed by atoms with van der Waals surface area (Å²) in [5, 5.41) is 3.20. The predicted molar refractivity (Wildman–Crippen MR) is 133 cm³/mol. The van der Waals surface area contributed by atoms with Gasteiger partial charge < -0.3 is 19.5 Å². The smallest absolute Gasteiger partial charge is 0.262 e. The van der Waals surface area contributed by atoms with Crippen LogP contribution in [-0.4, -0.2) is 41.4 Å². The second-order valence-electron chi connectivity index (χ2n) is 7.26. The topological polar surface area (TPSA) is 94.2 Å². The molecule has 1 N–H and O–H groups in total. The molecule has 0 aliphatic heterocycles. The number of hydrogen-bond acceptors (Lipinski definition) is 6. The second-order valence-corrected chi connectivity index (χ2v) is 9.57. The summed E-state index contributed by atoms with van der Waals surface area (Å²) in [5.74, 6) is 1.08. The number of hydrogen-bond donors (Lipinski definition) is 1. The molecule has 0 saturated heterocycles. The molecule has 0 heterocycles. The van der Waals surface area contributed by atoms with Crippen molar-refractivity contribution >= 4 is 38.9 Å². The number of amides is 1. The van der Waals surface area contributed by atoms with E-state index in [-0.39, 0.29) is 19.1 Å². The summed E-state index contributed by atoms with van der Waals surface area (Å²) in [6.07, 6.45) is 1.13. The number of carbonyl (C=O) groups is 1. The first-order chi connectivity index (χ1) is 16.2. The van der Waals surface area contributed by atoms with Gasteiger partial charge in [-0.15, -0.1) is 0 Å². The Balaban J connectivity index is 1.65. The fraction of sp³-hybridized carbons (Fsp3) is 0.208. The van der Waals surface area contributed by atoms with E-state index in [1.807, 2.05) is 0 Å². The average Bonchev–Trinajstić information content (AvgIpc) is 2.82. The highest BCUT2D eigenvalue weighted by molar-refractivity contribution is 7.92. The van der Waals surface area contributed by atoms with Gasteiger partial charge in [-0.05, 0) is 48.0 Å². The Hall–Kier alpha value is -3.43. The first-order valence-electron chi connectivity index (χ1n) is 10.2. The Bertz CT molecular complexity index is 1250. The van der Waals surface area contributed by atoms with Gasteiger partial charge in [0.2, 0.25) is 10.0 Å². The van der Waals surface area contributed by atoms with Crippen LogP contribution in [0.5, 0.6) is 17.2 Å². The molecule has 0 aliphatic rings. The van der Waals surface area contributed by atoms with Crippen molar-refractivity contribution in [2.75, 3.05) is 36.7 Å². The highest BCUT2D eigenvalue weighted by Gasteiger charge is 2.19. The Morgan fingerprint density at radius 2 is 1.65 bits per heavy atom. The van der Waals surface area contributed by atoms with E-state index in [1.165, 1.54) is 18.5 Å². The molecule has 0 saturated carbocycles. The molecule has 0 unspecified atom stereocenters. The van der Waals surface area contributed by atoms with Crippen molar-refractivity contribution < 1.29 is 27.4 Å². The average molecular weight is 505 g/mol. The zero-order valence-corrected chi connectivity index (χ0v) is 20.5. The van der Waals surface area contributed by atoms with Gasteiger partial charge in [-0.1, -0.05) is 29.8 Å². The van der Waals surface area contributed by atoms with E-state index in [0.717, 1.165) is 6.26 Å². The summed E-state index contributed by atoms with van der Waals surface area (Å²) in [4.78, 5) is 12.3. The van der Waals surface area contributed by atoms with Crippen LogP contribution in [0.3, 0.4) is 0 Å². The fourth-order valence-corrected chi connectivity index (χ4v) is 4.20. The SMILES string of the molecule is COc1ccc(NC(=O)COc2ccc(N(Cc3ccccc3Cl)S(C)(=O)=O)cc2)c(OC)c1. The molecule has 3 rings (SSSR count). The fourth-order valence-electron chi connectivity index (χ4n) is 3.13. The van der Waals surface area contributed by atoms with Crippen LogP contribution in [-0.2, 0) is 21.4 Å². The molecule has 0 aliphatic carbocycles. The number of sulfonamides is 1. The first kappa shape index (κ1) is 25.2. The maximum Gasteiger partial charge on any atom is 0.262 e. The molecular weight excluding hydrogens is 480 g/mol. The Morgan fingerprint density at radius 1 is 0.971 bits per heavy atom. The van der Waals surface area contributed by atoms with Crippen LogP contribution in [0.1, 0.15) is 5.56 Å². The third kappa shape index (κ3) is 6.55. The van der Waals surface area contributed by atoms with Crippen molar-refractivity contribution in [3.8, 4) is 17.2 Å². The minimum absolute atomic E-state index is 0.0881. The zero-order valence-electron chi connectivity index (χ0n) is 18.9. The number of rotatable bonds is 10. The Labute approximate surface area is 204 Å². The van der Waals surface area contributed by atoms with E-state index in [0.29, 0.717) is 39.2 Å². The lowest BCUT2D eigenvalue weighted by Gasteiger charge is -2.23. The molecule has 180 valence electrons. The maximum absolute atomic E-state index is 12.4. The van der Waals surface area contributed by atoms with E-state index in [4.69, 9.17) is 25.8 Å². The van der Waals surface area contributed by atoms with Gasteiger partial charge in [0, 0.05) is 11.1 Å². The van der Waals surface area contributed by atoms with Gasteiger partial charge in [-0.3, -0.25) is 9.10 Å². The number of benzene rings is 3. The van der Waals surface area contributed by atoms with Crippen molar-refractivity contribution in [1.82, 2.24) is 0 Å². The summed E-state index contributed by atoms with van der Waals surface area (Å²) >= 11 is 6.20. The number of halogens is 1. The number of carbonyl (C=O) groups excluding carboxylic acids is 1. The summed E-state index contributed by atoms with van der Waals surface area (Å²) < 4.78 is 42.0. The van der Waals surface area contributed by atoms with E-state index in [9.17, 15) is 13.2 Å². The highest BCUT2D eigenvalue weighted by Crippen LogP contribution is 2.29. The molecule has 0 spiro atoms. The largest absolute Gasteiger partial charge is 0.497 e. The normalized spacial score (nSPS) is 10.9. The summed E-state index contributed by atoms with van der Waals surface area (Å²) in [5.41, 5.74) is 1.61. The molecule has 8 nitrogen and oxygen atoms in total. The van der Waals surface area contributed by atoms with E-state index in [1.54, 1.807) is 66.7 Å². The molecule has 0 fully saturated rings. The summed E-state index contributed by atoms with van der Waals surface area (Å²) in [6.45, 7) is -0.158. The molecule has 10 heteroatoms. The van der Waals surface area contributed by atoms with Gasteiger partial charge in [0.15, 0.2) is 6.61 Å². The standard InChI is InChI=1S/C24H25ClN2O6S/c1-31-20-12-13-22(23(14-20)32-2)26-24(28)16-33-19-10-8-18(9-11-19)27(34(3,29)30)15-17-6-4-5-7-21(17)25/h4-14H,15-16H2,1-3H3,(H,26,28). The highest BCUT2D eigenvalue weighted by atomic mass is 35.5. The van der Waals surface area contributed by atoms with Crippen molar-refractivity contribution in [3.05, 3.63) is 77.3 Å². The van der Waals surface area contributed by atoms with E-state index >= 15 is 0 Å². The Morgan fingerprint density at radius 3 is 2.26 bits per heavy atom. The molecule has 0 bridgehead atoms. The minimum atomic E-state index is -3.57. The molecule has 0 aromatic heterocycles. The van der Waals surface area contributed by atoms with Gasteiger partial charge in [0.05, 0.1) is 38.4 Å². The number of nitrogens with zero attached hydrogens (tertiary/aromatic N) is 1. The van der Waals surface area contributed by atoms with Gasteiger partial charge >= 0.3 is 0 Å². The van der Waals surface area contributed by atoms with E-state index in [2.05, 4.69) is 5.32 Å². The molecule has 3 aromatic carbocycles. The van der Waals surface area contributed by atoms with Crippen LogP contribution < -0.4 is 23.8 Å². The monoisotopic (exact) mass is 504 g/mol. The van der Waals surface area contributed by atoms with Crippen molar-refractivity contribution in [3.63, 3.8) is 0 Å². The van der Waals surface area contributed by atoms with Crippen LogP contribution in [0.2, 0.25) is 5.02 Å². The molecular formula is C24H25ClN2O6S. The molecule has 34 heavy (non-hydrogen) atoms. The molecule has 0 atom stereocenters. The van der Waals surface area contributed by atoms with Crippen LogP contribution in [0.4, 0.5) is 11.4 Å². The van der Waals surface area contributed by atoms with Gasteiger partial charge in [-0.2, -0.15) is 0 Å². The number of anilines is 2. The number of ether oxygens (including phenoxy) is 3. The second kappa shape index (κ2) is 11.1. The lowest BCUT2D eigenvalue weighted by molar-refractivity contribution is -0.118. The van der Waals surface area contributed by atoms with Crippen molar-refractivity contribution in [1.29, 1.82) is 0 Å². The maximum atomic E-state index is 12.4. The van der Waals surface area contributed by atoms with Crippen LogP contribution in [0.25, 0.3) is 0 Å². The first-order valence-corrected chi connectivity index (χ1v) is 12.4. The van der Waals surface area contributed by atoms with Crippen LogP contribution in [0, 0.1) is 0 Å². The lowest BCUT2D eigenvalue weighted by Crippen LogP contribution is -2.29. The zero-order chi connectivity index (χ0) is 24.7. The van der Waals surface area contributed by atoms with Gasteiger partial charge in [0.1, 0.15) is 17.2 Å². The predicted octanol–water partition coefficient (Wildman–Crippen LogP) is 4.34. The number of nitrogens with one attached hydrogen (secondary N) is 1. The molecule has 3 aromatic rings. The Kier molecular flexibility index (Phi) is 8.25. The van der Waals surface area contributed by atoms with Gasteiger partial charge in [0.25, 0.3) is 5.91 Å². The van der Waals surface area contributed by atoms with Crippen LogP contribution >= 0.6 is 11.6 Å². The van der Waals surface area contributed by atoms with Crippen molar-refractivity contribution in [2.24, 2.45) is 0 Å². The van der Waals surface area contributed by atoms with Gasteiger partial charge in [-0.25, -0.2) is 8.42 Å². The lowest BCUT2D eigenvalue weighted by atomic mass is 10.2. The third-order valence-corrected chi connectivity index (χ3v) is 6.36. The minimum Gasteiger partial charge on any atom is -0.497 e. The molecule has 0 radical (unpaired) electrons. The number of methoxy groups -OCH3 is 2. The van der Waals surface area contributed by atoms with Crippen molar-refractivity contribution in [2.45, 2.75) is 6.54 Å². The molecule has 1 amide bonds. The summed E-state index contributed by atoms with van der Waals surface area (Å²) in [7, 11) is -0.535.